The predicted octanol–water partition coefficient (Wildman–Crippen LogP) is 2.56. The van der Waals surface area contributed by atoms with Crippen molar-refractivity contribution in [1.29, 1.82) is 0 Å². The Kier molecular flexibility index (Phi) is 4.70. The molecule has 0 unspecified atom stereocenters. The molecule has 0 aromatic carbocycles. The Bertz CT molecular complexity index is 128. The fourth-order valence-electron chi connectivity index (χ4n) is 1.72. The number of rotatable bonds is 4. The van der Waals surface area contributed by atoms with Gasteiger partial charge in [-0.3, -0.25) is 0 Å². The monoisotopic (exact) mass is 187 g/mol. The molecule has 0 saturated heterocycles. The van der Waals surface area contributed by atoms with E-state index in [0.29, 0.717) is 5.38 Å². The molecule has 70 valence electrons. The van der Waals surface area contributed by atoms with Gasteiger partial charge in [0.1, 0.15) is 0 Å². The van der Waals surface area contributed by atoms with E-state index in [2.05, 4.69) is 11.9 Å². The first-order valence-electron chi connectivity index (χ1n) is 4.78. The van der Waals surface area contributed by atoms with E-state index >= 15 is 0 Å². The molecule has 0 amide bonds. The van der Waals surface area contributed by atoms with Crippen LogP contribution in [0.1, 0.15) is 25.7 Å². The number of hydrogen-bond donors (Lipinski definition) is 1. The molecule has 1 N–H and O–H groups in total. The third-order valence-corrected chi connectivity index (χ3v) is 2.93. The maximum absolute atomic E-state index is 6.01. The molecule has 0 aliphatic heterocycles. The zero-order valence-corrected chi connectivity index (χ0v) is 8.32. The molecule has 0 radical (unpaired) electrons. The first kappa shape index (κ1) is 10.1. The van der Waals surface area contributed by atoms with Crippen LogP contribution in [0.4, 0.5) is 0 Å². The molecule has 0 bridgehead atoms. The molecular weight excluding hydrogens is 170 g/mol. The van der Waals surface area contributed by atoms with Crippen LogP contribution < -0.4 is 5.32 Å². The highest BCUT2D eigenvalue weighted by molar-refractivity contribution is 6.20. The third kappa shape index (κ3) is 3.59. The molecular formula is C10H18ClN. The Labute approximate surface area is 80.2 Å². The molecule has 1 fully saturated rings. The zero-order valence-electron chi connectivity index (χ0n) is 7.56. The van der Waals surface area contributed by atoms with Crippen molar-refractivity contribution in [3.63, 3.8) is 0 Å². The van der Waals surface area contributed by atoms with E-state index in [4.69, 9.17) is 11.6 Å². The summed E-state index contributed by atoms with van der Waals surface area (Å²) in [5, 5.41) is 3.80. The number of alkyl halides is 1. The fourth-order valence-corrected chi connectivity index (χ4v) is 1.97. The maximum atomic E-state index is 6.01. The van der Waals surface area contributed by atoms with E-state index in [1.165, 1.54) is 25.7 Å². The summed E-state index contributed by atoms with van der Waals surface area (Å²) in [5.74, 6) is 0.847. The Balaban J connectivity index is 2.05. The van der Waals surface area contributed by atoms with Crippen molar-refractivity contribution < 1.29 is 0 Å². The summed E-state index contributed by atoms with van der Waals surface area (Å²) >= 11 is 6.01. The minimum absolute atomic E-state index is 0.445. The number of halogens is 1. The largest absolute Gasteiger partial charge is 0.313 e. The van der Waals surface area contributed by atoms with Gasteiger partial charge >= 0.3 is 0 Å². The van der Waals surface area contributed by atoms with Gasteiger partial charge in [-0.15, -0.1) is 18.2 Å². The van der Waals surface area contributed by atoms with E-state index in [9.17, 15) is 0 Å². The van der Waals surface area contributed by atoms with Crippen molar-refractivity contribution in [3.05, 3.63) is 12.7 Å². The van der Waals surface area contributed by atoms with Crippen LogP contribution >= 0.6 is 11.6 Å². The fraction of sp³-hybridized carbons (Fsp3) is 0.800. The minimum Gasteiger partial charge on any atom is -0.313 e. The van der Waals surface area contributed by atoms with Gasteiger partial charge < -0.3 is 5.32 Å². The minimum atomic E-state index is 0.445. The van der Waals surface area contributed by atoms with Crippen molar-refractivity contribution in [1.82, 2.24) is 5.32 Å². The Morgan fingerprint density at radius 2 is 2.00 bits per heavy atom. The Morgan fingerprint density at radius 1 is 1.33 bits per heavy atom. The van der Waals surface area contributed by atoms with Crippen LogP contribution in [0.2, 0.25) is 0 Å². The van der Waals surface area contributed by atoms with E-state index in [-0.39, 0.29) is 0 Å². The maximum Gasteiger partial charge on any atom is 0.0336 e. The predicted molar refractivity (Wildman–Crippen MR) is 54.7 cm³/mol. The standard InChI is InChI=1S/C10H18ClN/c1-2-7-12-8-9-3-5-10(11)6-4-9/h2,9-10,12H,1,3-8H2. The normalized spacial score (nSPS) is 30.1. The molecule has 2 heteroatoms. The second-order valence-corrected chi connectivity index (χ2v) is 4.18. The number of nitrogens with one attached hydrogen (secondary N) is 1. The van der Waals surface area contributed by atoms with Gasteiger partial charge in [0.15, 0.2) is 0 Å². The average Bonchev–Trinajstić information content (AvgIpc) is 2.09. The molecule has 1 aliphatic rings. The van der Waals surface area contributed by atoms with Crippen LogP contribution in [0.25, 0.3) is 0 Å². The van der Waals surface area contributed by atoms with Gasteiger partial charge in [0.25, 0.3) is 0 Å². The van der Waals surface area contributed by atoms with Crippen LogP contribution in [0.15, 0.2) is 12.7 Å². The lowest BCUT2D eigenvalue weighted by Crippen LogP contribution is -2.26. The van der Waals surface area contributed by atoms with Gasteiger partial charge in [-0.2, -0.15) is 0 Å². The van der Waals surface area contributed by atoms with Gasteiger partial charge in [0, 0.05) is 11.9 Å². The Hall–Kier alpha value is -0.0100. The third-order valence-electron chi connectivity index (χ3n) is 2.50. The summed E-state index contributed by atoms with van der Waals surface area (Å²) in [6.45, 7) is 5.74. The lowest BCUT2D eigenvalue weighted by atomic mass is 9.89. The molecule has 0 spiro atoms. The van der Waals surface area contributed by atoms with Gasteiger partial charge in [0.2, 0.25) is 0 Å². The topological polar surface area (TPSA) is 12.0 Å². The summed E-state index contributed by atoms with van der Waals surface area (Å²) in [6, 6.07) is 0. The van der Waals surface area contributed by atoms with Crippen molar-refractivity contribution >= 4 is 11.6 Å². The molecule has 0 aromatic heterocycles. The summed E-state index contributed by atoms with van der Waals surface area (Å²) in [5.41, 5.74) is 0. The molecule has 0 atom stereocenters. The summed E-state index contributed by atoms with van der Waals surface area (Å²) in [4.78, 5) is 0. The highest BCUT2D eigenvalue weighted by atomic mass is 35.5. The SMILES string of the molecule is C=CCNCC1CCC(Cl)CC1. The van der Waals surface area contributed by atoms with Crippen LogP contribution in [0.3, 0.4) is 0 Å². The van der Waals surface area contributed by atoms with E-state index in [1.54, 1.807) is 0 Å². The second-order valence-electron chi connectivity index (χ2n) is 3.56. The lowest BCUT2D eigenvalue weighted by Gasteiger charge is -2.24. The molecule has 0 heterocycles. The molecule has 0 aromatic rings. The van der Waals surface area contributed by atoms with Gasteiger partial charge in [-0.05, 0) is 38.1 Å². The van der Waals surface area contributed by atoms with E-state index in [0.717, 1.165) is 19.0 Å². The second kappa shape index (κ2) is 5.60. The van der Waals surface area contributed by atoms with Crippen LogP contribution in [0.5, 0.6) is 0 Å². The van der Waals surface area contributed by atoms with Crippen LogP contribution in [-0.4, -0.2) is 18.5 Å². The first-order chi connectivity index (χ1) is 5.83. The van der Waals surface area contributed by atoms with Crippen LogP contribution in [0, 0.1) is 5.92 Å². The van der Waals surface area contributed by atoms with Crippen molar-refractivity contribution in [3.8, 4) is 0 Å². The summed E-state index contributed by atoms with van der Waals surface area (Å²) < 4.78 is 0. The van der Waals surface area contributed by atoms with E-state index in [1.807, 2.05) is 6.08 Å². The lowest BCUT2D eigenvalue weighted by molar-refractivity contribution is 0.350. The molecule has 1 nitrogen and oxygen atoms in total. The van der Waals surface area contributed by atoms with Gasteiger partial charge in [-0.1, -0.05) is 6.08 Å². The zero-order chi connectivity index (χ0) is 8.81. The summed E-state index contributed by atoms with van der Waals surface area (Å²) in [7, 11) is 0. The Morgan fingerprint density at radius 3 is 2.58 bits per heavy atom. The van der Waals surface area contributed by atoms with Crippen molar-refractivity contribution in [2.75, 3.05) is 13.1 Å². The molecule has 1 aliphatic carbocycles. The smallest absolute Gasteiger partial charge is 0.0336 e. The molecule has 1 saturated carbocycles. The van der Waals surface area contributed by atoms with E-state index < -0.39 is 0 Å². The molecule has 12 heavy (non-hydrogen) atoms. The van der Waals surface area contributed by atoms with Crippen molar-refractivity contribution in [2.24, 2.45) is 5.92 Å². The quantitative estimate of drug-likeness (QED) is 0.405. The highest BCUT2D eigenvalue weighted by Crippen LogP contribution is 2.26. The van der Waals surface area contributed by atoms with Crippen LogP contribution in [-0.2, 0) is 0 Å². The first-order valence-corrected chi connectivity index (χ1v) is 5.22. The van der Waals surface area contributed by atoms with Gasteiger partial charge in [-0.25, -0.2) is 0 Å². The van der Waals surface area contributed by atoms with Gasteiger partial charge in [0.05, 0.1) is 0 Å². The average molecular weight is 188 g/mol. The molecule has 1 rings (SSSR count). The number of hydrogen-bond acceptors (Lipinski definition) is 1. The highest BCUT2D eigenvalue weighted by Gasteiger charge is 2.18. The summed E-state index contributed by atoms with van der Waals surface area (Å²) in [6.07, 6.45) is 6.88. The van der Waals surface area contributed by atoms with Crippen molar-refractivity contribution in [2.45, 2.75) is 31.1 Å².